The molecule has 0 atom stereocenters. The van der Waals surface area contributed by atoms with Gasteiger partial charge in [0.2, 0.25) is 0 Å². The van der Waals surface area contributed by atoms with Crippen molar-refractivity contribution in [2.24, 2.45) is 0 Å². The molecule has 0 aliphatic rings. The molecule has 0 radical (unpaired) electrons. The van der Waals surface area contributed by atoms with Gasteiger partial charge in [-0.3, -0.25) is 0 Å². The molecule has 3 aromatic rings. The summed E-state index contributed by atoms with van der Waals surface area (Å²) in [7, 11) is 0. The van der Waals surface area contributed by atoms with Crippen molar-refractivity contribution in [2.75, 3.05) is 5.73 Å². The Morgan fingerprint density at radius 2 is 2.05 bits per heavy atom. The van der Waals surface area contributed by atoms with Crippen LogP contribution in [0.3, 0.4) is 0 Å². The van der Waals surface area contributed by atoms with E-state index >= 15 is 0 Å². The fraction of sp³-hybridized carbons (Fsp3) is 0.0714. The summed E-state index contributed by atoms with van der Waals surface area (Å²) in [5.41, 5.74) is 7.22. The van der Waals surface area contributed by atoms with E-state index in [-0.39, 0.29) is 16.4 Å². The molecule has 21 heavy (non-hydrogen) atoms. The zero-order valence-electron chi connectivity index (χ0n) is 10.8. The van der Waals surface area contributed by atoms with E-state index in [9.17, 15) is 4.39 Å². The minimum atomic E-state index is -0.497. The molecule has 2 N–H and O–H groups in total. The van der Waals surface area contributed by atoms with Gasteiger partial charge in [0, 0.05) is 5.56 Å². The molecule has 108 valence electrons. The number of benzene rings is 1. The molecule has 0 saturated carbocycles. The first-order valence-corrected chi connectivity index (χ1v) is 7.57. The molecule has 7 heteroatoms. The molecule has 0 fully saturated rings. The Labute approximate surface area is 134 Å². The van der Waals surface area contributed by atoms with Gasteiger partial charge in [0.1, 0.15) is 5.82 Å². The van der Waals surface area contributed by atoms with Crippen molar-refractivity contribution in [1.29, 1.82) is 0 Å². The molecule has 0 unspecified atom stereocenters. The molecular weight excluding hydrogens is 334 g/mol. The van der Waals surface area contributed by atoms with E-state index in [1.54, 1.807) is 6.07 Å². The average Bonchev–Trinajstić information content (AvgIpc) is 2.95. The van der Waals surface area contributed by atoms with E-state index in [1.165, 1.54) is 23.5 Å². The van der Waals surface area contributed by atoms with Gasteiger partial charge >= 0.3 is 0 Å². The van der Waals surface area contributed by atoms with Crippen LogP contribution in [0.15, 0.2) is 28.1 Å². The first-order chi connectivity index (χ1) is 10.0. The average molecular weight is 343 g/mol. The highest BCUT2D eigenvalue weighted by Gasteiger charge is 2.25. The van der Waals surface area contributed by atoms with Gasteiger partial charge in [-0.15, -0.1) is 11.3 Å². The highest BCUT2D eigenvalue weighted by Crippen LogP contribution is 2.45. The summed E-state index contributed by atoms with van der Waals surface area (Å²) in [5, 5.41) is 6.37. The van der Waals surface area contributed by atoms with Gasteiger partial charge in [0.05, 0.1) is 20.5 Å². The number of nitrogens with two attached hydrogens (primary N) is 1. The Balaban J connectivity index is 2.30. The molecule has 0 amide bonds. The summed E-state index contributed by atoms with van der Waals surface area (Å²) in [6.45, 7) is 1.87. The van der Waals surface area contributed by atoms with Crippen LogP contribution in [-0.2, 0) is 0 Å². The lowest BCUT2D eigenvalue weighted by Gasteiger charge is -2.06. The van der Waals surface area contributed by atoms with Crippen LogP contribution in [0, 0.1) is 12.7 Å². The second-order valence-corrected chi connectivity index (χ2v) is 6.10. The fourth-order valence-electron chi connectivity index (χ4n) is 2.02. The lowest BCUT2D eigenvalue weighted by molar-refractivity contribution is 0.437. The van der Waals surface area contributed by atoms with Gasteiger partial charge in [0.15, 0.2) is 11.6 Å². The number of hydrogen-bond donors (Lipinski definition) is 1. The number of aryl methyl sites for hydroxylation is 1. The fourth-order valence-corrected chi connectivity index (χ4v) is 3.54. The van der Waals surface area contributed by atoms with Crippen LogP contribution in [0.5, 0.6) is 0 Å². The molecule has 0 aliphatic carbocycles. The number of anilines is 1. The summed E-state index contributed by atoms with van der Waals surface area (Å²) >= 11 is 13.7. The van der Waals surface area contributed by atoms with Crippen LogP contribution in [-0.4, -0.2) is 5.16 Å². The van der Waals surface area contributed by atoms with Gasteiger partial charge < -0.3 is 10.3 Å². The Morgan fingerprint density at radius 3 is 2.67 bits per heavy atom. The number of nitrogens with zero attached hydrogens (tertiary/aromatic N) is 1. The van der Waals surface area contributed by atoms with Gasteiger partial charge in [-0.1, -0.05) is 34.4 Å². The lowest BCUT2D eigenvalue weighted by atomic mass is 10.0. The smallest absolute Gasteiger partial charge is 0.188 e. The summed E-state index contributed by atoms with van der Waals surface area (Å²) in [6, 6.07) is 4.41. The van der Waals surface area contributed by atoms with Gasteiger partial charge in [-0.25, -0.2) is 4.39 Å². The maximum absolute atomic E-state index is 14.2. The zero-order chi connectivity index (χ0) is 15.1. The normalized spacial score (nSPS) is 11.0. The van der Waals surface area contributed by atoms with Crippen molar-refractivity contribution in [3.8, 4) is 21.8 Å². The highest BCUT2D eigenvalue weighted by atomic mass is 35.5. The third kappa shape index (κ3) is 2.31. The third-order valence-corrected chi connectivity index (χ3v) is 5.05. The summed E-state index contributed by atoms with van der Waals surface area (Å²) in [6.07, 6.45) is 0. The first kappa shape index (κ1) is 14.4. The van der Waals surface area contributed by atoms with Crippen molar-refractivity contribution < 1.29 is 8.91 Å². The van der Waals surface area contributed by atoms with Crippen LogP contribution in [0.4, 0.5) is 10.2 Å². The number of aromatic nitrogens is 1. The quantitative estimate of drug-likeness (QED) is 0.677. The maximum atomic E-state index is 14.2. The minimum Gasteiger partial charge on any atom is -0.380 e. The second kappa shape index (κ2) is 5.33. The zero-order valence-corrected chi connectivity index (χ0v) is 13.1. The summed E-state index contributed by atoms with van der Waals surface area (Å²) < 4.78 is 19.4. The molecule has 0 aliphatic heterocycles. The molecule has 3 nitrogen and oxygen atoms in total. The molecule has 1 aromatic carbocycles. The van der Waals surface area contributed by atoms with Crippen molar-refractivity contribution in [3.05, 3.63) is 45.0 Å². The van der Waals surface area contributed by atoms with E-state index in [4.69, 9.17) is 33.5 Å². The van der Waals surface area contributed by atoms with Crippen molar-refractivity contribution in [2.45, 2.75) is 6.92 Å². The number of rotatable bonds is 2. The number of hydrogen-bond acceptors (Lipinski definition) is 4. The van der Waals surface area contributed by atoms with Crippen molar-refractivity contribution >= 4 is 40.4 Å². The largest absolute Gasteiger partial charge is 0.380 e. The van der Waals surface area contributed by atoms with Gasteiger partial charge in [-0.05, 0) is 30.0 Å². The summed E-state index contributed by atoms with van der Waals surface area (Å²) in [5.74, 6) is -0.107. The topological polar surface area (TPSA) is 52.0 Å². The molecule has 2 heterocycles. The van der Waals surface area contributed by atoms with Gasteiger partial charge in [0.25, 0.3) is 0 Å². The molecule has 0 bridgehead atoms. The monoisotopic (exact) mass is 342 g/mol. The molecule has 3 rings (SSSR count). The standard InChI is InChI=1S/C14H9Cl2FN2OS/c1-6-5-21-13(11(6)16)12-10(14(18)19-20-12)9-7(15)3-2-4-8(9)17/h2-5H,1H3,(H2,18,19). The van der Waals surface area contributed by atoms with E-state index < -0.39 is 5.82 Å². The van der Waals surface area contributed by atoms with Crippen LogP contribution in [0.25, 0.3) is 21.8 Å². The SMILES string of the molecule is Cc1csc(-c2onc(N)c2-c2c(F)cccc2Cl)c1Cl. The van der Waals surface area contributed by atoms with E-state index in [2.05, 4.69) is 5.16 Å². The molecule has 2 aromatic heterocycles. The third-order valence-electron chi connectivity index (χ3n) is 3.04. The molecule has 0 spiro atoms. The van der Waals surface area contributed by atoms with Crippen molar-refractivity contribution in [3.63, 3.8) is 0 Å². The van der Waals surface area contributed by atoms with Crippen LogP contribution in [0.1, 0.15) is 5.56 Å². The first-order valence-electron chi connectivity index (χ1n) is 5.94. The number of halogens is 3. The van der Waals surface area contributed by atoms with E-state index in [1.807, 2.05) is 12.3 Å². The minimum absolute atomic E-state index is 0.0686. The lowest BCUT2D eigenvalue weighted by Crippen LogP contribution is -1.92. The molecule has 0 saturated heterocycles. The van der Waals surface area contributed by atoms with Crippen LogP contribution >= 0.6 is 34.5 Å². The van der Waals surface area contributed by atoms with Gasteiger partial charge in [-0.2, -0.15) is 0 Å². The summed E-state index contributed by atoms with van der Waals surface area (Å²) in [4.78, 5) is 0.646. The molecular formula is C14H9Cl2FN2OS. The second-order valence-electron chi connectivity index (χ2n) is 4.43. The number of thiophene rings is 1. The van der Waals surface area contributed by atoms with Crippen LogP contribution in [0.2, 0.25) is 10.0 Å². The maximum Gasteiger partial charge on any atom is 0.188 e. The van der Waals surface area contributed by atoms with Crippen molar-refractivity contribution in [1.82, 2.24) is 5.16 Å². The van der Waals surface area contributed by atoms with E-state index in [0.717, 1.165) is 5.56 Å². The predicted molar refractivity (Wildman–Crippen MR) is 84.4 cm³/mol. The Morgan fingerprint density at radius 1 is 1.29 bits per heavy atom. The number of nitrogen functional groups attached to an aromatic ring is 1. The Kier molecular flexibility index (Phi) is 3.65. The van der Waals surface area contributed by atoms with E-state index in [0.29, 0.717) is 21.2 Å². The van der Waals surface area contributed by atoms with Crippen LogP contribution < -0.4 is 5.73 Å². The Hall–Kier alpha value is -1.56. The highest BCUT2D eigenvalue weighted by molar-refractivity contribution is 7.14. The predicted octanol–water partition coefficient (Wildman–Crippen LogP) is 5.41. The Bertz CT molecular complexity index is 808.